The molecule has 3 aliphatic rings. The van der Waals surface area contributed by atoms with Gasteiger partial charge in [0.2, 0.25) is 0 Å². The van der Waals surface area contributed by atoms with Crippen LogP contribution in [0.2, 0.25) is 0 Å². The molecule has 1 aliphatic carbocycles. The molecule has 37 heavy (non-hydrogen) atoms. The highest BCUT2D eigenvalue weighted by molar-refractivity contribution is 6.12. The first-order valence-electron chi connectivity index (χ1n) is 12.9. The molecule has 0 spiro atoms. The van der Waals surface area contributed by atoms with Crippen molar-refractivity contribution in [2.24, 2.45) is 10.9 Å². The lowest BCUT2D eigenvalue weighted by molar-refractivity contribution is -0.117. The third-order valence-corrected chi connectivity index (χ3v) is 6.98. The highest BCUT2D eigenvalue weighted by Crippen LogP contribution is 2.48. The molecule has 0 radical (unpaired) electrons. The van der Waals surface area contributed by atoms with E-state index < -0.39 is 11.8 Å². The number of rotatable bonds is 9. The minimum atomic E-state index is -2.58. The Morgan fingerprint density at radius 3 is 2.73 bits per heavy atom. The van der Waals surface area contributed by atoms with Crippen molar-refractivity contribution in [2.45, 2.75) is 50.7 Å². The van der Waals surface area contributed by atoms with Crippen LogP contribution in [-0.4, -0.2) is 55.4 Å². The summed E-state index contributed by atoms with van der Waals surface area (Å²) < 4.78 is 37.6. The van der Waals surface area contributed by atoms with E-state index in [0.29, 0.717) is 17.9 Å². The number of halogens is 2. The van der Waals surface area contributed by atoms with E-state index in [-0.39, 0.29) is 31.1 Å². The molecule has 5 rings (SSSR count). The Labute approximate surface area is 215 Å². The number of aliphatic imine (C=N–C) groups is 1. The first kappa shape index (κ1) is 25.2. The fourth-order valence-electron chi connectivity index (χ4n) is 4.52. The van der Waals surface area contributed by atoms with E-state index in [4.69, 9.17) is 9.47 Å². The van der Waals surface area contributed by atoms with Gasteiger partial charge in [0.1, 0.15) is 23.4 Å². The van der Waals surface area contributed by atoms with Crippen molar-refractivity contribution in [2.75, 3.05) is 31.1 Å². The number of ether oxygens (including phenoxy) is 2. The van der Waals surface area contributed by atoms with Crippen molar-refractivity contribution in [3.63, 3.8) is 0 Å². The van der Waals surface area contributed by atoms with Crippen LogP contribution in [-0.2, 0) is 4.79 Å². The number of nitrogens with zero attached hydrogens (tertiary/aromatic N) is 3. The highest BCUT2D eigenvalue weighted by Gasteiger charge is 2.57. The summed E-state index contributed by atoms with van der Waals surface area (Å²) in [6.07, 6.45) is 7.81. The average molecular weight is 511 g/mol. The van der Waals surface area contributed by atoms with Gasteiger partial charge in [0, 0.05) is 32.1 Å². The number of anilines is 1. The molecule has 3 atom stereocenters. The molecule has 1 saturated carbocycles. The molecule has 2 aliphatic heterocycles. The SMILES string of the molecule is CC(NC(=O)C1=CCCCN=C1)c1ccc(OC2CCN(c3ccc(OCC4CC4(F)F)cn3)C2)cc1. The van der Waals surface area contributed by atoms with Crippen LogP contribution in [0.4, 0.5) is 14.6 Å². The predicted molar refractivity (Wildman–Crippen MR) is 138 cm³/mol. The summed E-state index contributed by atoms with van der Waals surface area (Å²) in [6.45, 7) is 4.25. The second kappa shape index (κ2) is 10.9. The summed E-state index contributed by atoms with van der Waals surface area (Å²) in [5, 5.41) is 3.04. The van der Waals surface area contributed by atoms with Gasteiger partial charge in [0.25, 0.3) is 11.8 Å². The van der Waals surface area contributed by atoms with E-state index >= 15 is 0 Å². The van der Waals surface area contributed by atoms with Crippen LogP contribution in [0.5, 0.6) is 11.5 Å². The Kier molecular flexibility index (Phi) is 7.39. The lowest BCUT2D eigenvalue weighted by Crippen LogP contribution is -2.28. The molecule has 2 fully saturated rings. The molecule has 3 heterocycles. The number of carbonyl (C=O) groups excluding carboxylic acids is 1. The number of nitrogens with one attached hydrogen (secondary N) is 1. The maximum Gasteiger partial charge on any atom is 0.255 e. The quantitative estimate of drug-likeness (QED) is 0.527. The number of hydrogen-bond donors (Lipinski definition) is 1. The molecule has 1 N–H and O–H groups in total. The largest absolute Gasteiger partial charge is 0.491 e. The Morgan fingerprint density at radius 1 is 1.22 bits per heavy atom. The highest BCUT2D eigenvalue weighted by atomic mass is 19.3. The predicted octanol–water partition coefficient (Wildman–Crippen LogP) is 4.74. The number of benzene rings is 1. The fourth-order valence-corrected chi connectivity index (χ4v) is 4.52. The fraction of sp³-hybridized carbons (Fsp3) is 0.464. The van der Waals surface area contributed by atoms with E-state index in [1.54, 1.807) is 18.5 Å². The van der Waals surface area contributed by atoms with Gasteiger partial charge in [-0.25, -0.2) is 13.8 Å². The number of hydrogen-bond acceptors (Lipinski definition) is 6. The zero-order valence-electron chi connectivity index (χ0n) is 20.9. The molecule has 1 saturated heterocycles. The zero-order valence-corrected chi connectivity index (χ0v) is 20.9. The standard InChI is InChI=1S/C28H32F2N4O3/c1-19(33-27(35)21-4-2-3-12-31-15-21)20-5-7-23(8-6-20)37-25-11-13-34(17-25)26-10-9-24(16-32-26)36-18-22-14-28(22,29)30/h4-10,15-16,19,22,25H,2-3,11-14,17-18H2,1H3,(H,33,35). The monoisotopic (exact) mass is 510 g/mol. The van der Waals surface area contributed by atoms with Crippen molar-refractivity contribution in [3.8, 4) is 11.5 Å². The second-order valence-electron chi connectivity index (χ2n) is 9.90. The Morgan fingerprint density at radius 2 is 2.00 bits per heavy atom. The van der Waals surface area contributed by atoms with Crippen LogP contribution >= 0.6 is 0 Å². The van der Waals surface area contributed by atoms with Gasteiger partial charge in [-0.05, 0) is 49.6 Å². The topological polar surface area (TPSA) is 76.0 Å². The van der Waals surface area contributed by atoms with Crippen LogP contribution in [0.3, 0.4) is 0 Å². The maximum atomic E-state index is 13.0. The zero-order chi connectivity index (χ0) is 25.8. The Hall–Kier alpha value is -3.49. The van der Waals surface area contributed by atoms with E-state index in [0.717, 1.165) is 49.5 Å². The van der Waals surface area contributed by atoms with Gasteiger partial charge in [-0.2, -0.15) is 0 Å². The number of pyridine rings is 1. The van der Waals surface area contributed by atoms with Crippen molar-refractivity contribution >= 4 is 17.9 Å². The van der Waals surface area contributed by atoms with Crippen molar-refractivity contribution in [1.29, 1.82) is 0 Å². The molecule has 9 heteroatoms. The van der Waals surface area contributed by atoms with E-state index in [1.165, 1.54) is 0 Å². The lowest BCUT2D eigenvalue weighted by atomic mass is 10.1. The van der Waals surface area contributed by atoms with Gasteiger partial charge in [-0.1, -0.05) is 18.2 Å². The molecule has 1 aromatic carbocycles. The molecule has 0 bridgehead atoms. The summed E-state index contributed by atoms with van der Waals surface area (Å²) in [6, 6.07) is 11.3. The van der Waals surface area contributed by atoms with E-state index in [1.807, 2.05) is 43.3 Å². The molecular formula is C28H32F2N4O3. The Bertz CT molecular complexity index is 1150. The molecule has 196 valence electrons. The summed E-state index contributed by atoms with van der Waals surface area (Å²) in [5.41, 5.74) is 1.62. The first-order chi connectivity index (χ1) is 17.9. The van der Waals surface area contributed by atoms with E-state index in [9.17, 15) is 13.6 Å². The smallest absolute Gasteiger partial charge is 0.255 e. The van der Waals surface area contributed by atoms with Crippen LogP contribution < -0.4 is 19.7 Å². The average Bonchev–Trinajstić information content (AvgIpc) is 3.41. The minimum absolute atomic E-state index is 0.0184. The van der Waals surface area contributed by atoms with Crippen LogP contribution in [0, 0.1) is 5.92 Å². The van der Waals surface area contributed by atoms with Crippen LogP contribution in [0.1, 0.15) is 44.2 Å². The lowest BCUT2D eigenvalue weighted by Gasteiger charge is -2.19. The number of alkyl halides is 2. The molecule has 3 unspecified atom stereocenters. The molecule has 1 amide bonds. The minimum Gasteiger partial charge on any atom is -0.491 e. The van der Waals surface area contributed by atoms with Gasteiger partial charge in [0.05, 0.1) is 36.9 Å². The number of allylic oxidation sites excluding steroid dienone is 1. The second-order valence-corrected chi connectivity index (χ2v) is 9.90. The maximum absolute atomic E-state index is 13.0. The summed E-state index contributed by atoms with van der Waals surface area (Å²) in [7, 11) is 0. The number of amides is 1. The molecule has 2 aromatic rings. The van der Waals surface area contributed by atoms with Gasteiger partial charge >= 0.3 is 0 Å². The van der Waals surface area contributed by atoms with Gasteiger partial charge in [0.15, 0.2) is 0 Å². The van der Waals surface area contributed by atoms with Gasteiger partial charge < -0.3 is 19.7 Å². The van der Waals surface area contributed by atoms with E-state index in [2.05, 4.69) is 20.2 Å². The molecule has 7 nitrogen and oxygen atoms in total. The summed E-state index contributed by atoms with van der Waals surface area (Å²) in [5.74, 6) is -1.28. The van der Waals surface area contributed by atoms with Gasteiger partial charge in [-0.15, -0.1) is 0 Å². The summed E-state index contributed by atoms with van der Waals surface area (Å²) in [4.78, 5) is 23.4. The number of carbonyl (C=O) groups is 1. The van der Waals surface area contributed by atoms with Crippen LogP contribution in [0.15, 0.2) is 59.2 Å². The Balaban J connectivity index is 1.08. The first-order valence-corrected chi connectivity index (χ1v) is 12.9. The summed E-state index contributed by atoms with van der Waals surface area (Å²) >= 11 is 0. The van der Waals surface area contributed by atoms with Gasteiger partial charge in [-0.3, -0.25) is 9.79 Å². The van der Waals surface area contributed by atoms with Crippen LogP contribution in [0.25, 0.3) is 0 Å². The van der Waals surface area contributed by atoms with Crippen molar-refractivity contribution in [1.82, 2.24) is 10.3 Å². The molecular weight excluding hydrogens is 478 g/mol. The van der Waals surface area contributed by atoms with Crippen molar-refractivity contribution in [3.05, 3.63) is 59.8 Å². The van der Waals surface area contributed by atoms with Crippen molar-refractivity contribution < 1.29 is 23.0 Å². The number of aromatic nitrogens is 1. The normalized spacial score (nSPS) is 23.1. The molecule has 1 aromatic heterocycles. The third-order valence-electron chi connectivity index (χ3n) is 6.98. The third kappa shape index (κ3) is 6.45.